The van der Waals surface area contributed by atoms with Gasteiger partial charge in [-0.05, 0) is 54.6 Å². The number of sulfonamides is 1. The Morgan fingerprint density at radius 1 is 0.967 bits per heavy atom. The summed E-state index contributed by atoms with van der Waals surface area (Å²) in [5, 5.41) is 4.97. The van der Waals surface area contributed by atoms with Gasteiger partial charge in [-0.3, -0.25) is 0 Å². The molecule has 2 aromatic carbocycles. The number of benzene rings is 2. The molecule has 0 spiro atoms. The minimum absolute atomic E-state index is 0.0225. The normalized spacial score (nSPS) is 18.3. The van der Waals surface area contributed by atoms with Crippen molar-refractivity contribution in [2.45, 2.75) is 0 Å². The predicted molar refractivity (Wildman–Crippen MR) is 114 cm³/mol. The maximum atomic E-state index is 13.0. The summed E-state index contributed by atoms with van der Waals surface area (Å²) < 4.78 is 41.8. The van der Waals surface area contributed by atoms with E-state index in [0.717, 1.165) is 5.56 Å². The van der Waals surface area contributed by atoms with E-state index in [0.29, 0.717) is 23.0 Å². The lowest BCUT2D eigenvalue weighted by atomic mass is 10.1. The van der Waals surface area contributed by atoms with E-state index in [-0.39, 0.29) is 15.3 Å². The molecule has 0 saturated carbocycles. The quantitative estimate of drug-likeness (QED) is 0.630. The molecule has 30 heavy (non-hydrogen) atoms. The molecule has 7 nitrogen and oxygen atoms in total. The van der Waals surface area contributed by atoms with Crippen molar-refractivity contribution in [2.75, 3.05) is 7.05 Å². The first-order valence-electron chi connectivity index (χ1n) is 8.91. The fraction of sp³-hybridized carbons (Fsp3) is 0.0476. The highest BCUT2D eigenvalue weighted by atomic mass is 32.2. The molecule has 1 aromatic heterocycles. The molecule has 0 bridgehead atoms. The van der Waals surface area contributed by atoms with E-state index in [2.05, 4.69) is 9.98 Å². The molecule has 0 aliphatic carbocycles. The van der Waals surface area contributed by atoms with Crippen molar-refractivity contribution in [3.8, 4) is 22.8 Å². The molecular formula is C21H18FN4O3S+. The Kier molecular flexibility index (Phi) is 4.94. The van der Waals surface area contributed by atoms with E-state index in [9.17, 15) is 12.8 Å². The van der Waals surface area contributed by atoms with Crippen LogP contribution >= 0.6 is 0 Å². The Hall–Kier alpha value is -3.40. The van der Waals surface area contributed by atoms with Gasteiger partial charge in [0, 0.05) is 11.6 Å². The zero-order chi connectivity index (χ0) is 21.4. The fourth-order valence-corrected chi connectivity index (χ4v) is 3.49. The van der Waals surface area contributed by atoms with Gasteiger partial charge in [-0.15, -0.1) is 0 Å². The van der Waals surface area contributed by atoms with Crippen LogP contribution in [0, 0.1) is 5.82 Å². The van der Waals surface area contributed by atoms with E-state index in [1.54, 1.807) is 37.4 Å². The fourth-order valence-electron chi connectivity index (χ4n) is 2.93. The Bertz CT molecular complexity index is 1260. The van der Waals surface area contributed by atoms with Gasteiger partial charge in [-0.2, -0.15) is 9.98 Å². The van der Waals surface area contributed by atoms with Gasteiger partial charge < -0.3 is 4.74 Å². The van der Waals surface area contributed by atoms with Gasteiger partial charge in [0.1, 0.15) is 23.5 Å². The molecule has 0 fully saturated rings. The molecule has 2 N–H and O–H groups in total. The second-order valence-corrected chi connectivity index (χ2v) is 8.37. The van der Waals surface area contributed by atoms with Crippen LogP contribution in [0.4, 0.5) is 10.2 Å². The zero-order valence-corrected chi connectivity index (χ0v) is 16.8. The van der Waals surface area contributed by atoms with Crippen molar-refractivity contribution in [3.05, 3.63) is 83.8 Å². The number of hydrogen-bond acceptors (Lipinski definition) is 5. The lowest BCUT2D eigenvalue weighted by Crippen LogP contribution is -2.36. The van der Waals surface area contributed by atoms with E-state index in [1.807, 2.05) is 24.3 Å². The third-order valence-electron chi connectivity index (χ3n) is 4.52. The average Bonchev–Trinajstić information content (AvgIpc) is 3.15. The van der Waals surface area contributed by atoms with Crippen LogP contribution in [0.25, 0.3) is 11.3 Å². The maximum Gasteiger partial charge on any atom is 0.261 e. The Balaban J connectivity index is 1.58. The zero-order valence-electron chi connectivity index (χ0n) is 15.9. The first-order valence-corrected chi connectivity index (χ1v) is 10.5. The van der Waals surface area contributed by atoms with Gasteiger partial charge in [0.2, 0.25) is 17.2 Å². The summed E-state index contributed by atoms with van der Waals surface area (Å²) in [5.74, 6) is 1.40. The van der Waals surface area contributed by atoms with Crippen molar-refractivity contribution in [1.82, 2.24) is 9.47 Å². The molecule has 0 radical (unpaired) electrons. The van der Waals surface area contributed by atoms with Gasteiger partial charge in [0.05, 0.1) is 12.7 Å². The highest BCUT2D eigenvalue weighted by Crippen LogP contribution is 2.29. The van der Waals surface area contributed by atoms with Crippen LogP contribution in [0.2, 0.25) is 0 Å². The number of rotatable bonds is 5. The molecule has 1 unspecified atom stereocenters. The predicted octanol–water partition coefficient (Wildman–Crippen LogP) is 3.75. The van der Waals surface area contributed by atoms with E-state index < -0.39 is 10.0 Å². The minimum Gasteiger partial charge on any atom is -0.457 e. The van der Waals surface area contributed by atoms with Crippen molar-refractivity contribution in [3.63, 3.8) is 0 Å². The van der Waals surface area contributed by atoms with Gasteiger partial charge in [-0.1, -0.05) is 6.07 Å². The summed E-state index contributed by atoms with van der Waals surface area (Å²) in [4.78, 5) is 8.57. The van der Waals surface area contributed by atoms with Gasteiger partial charge in [0.25, 0.3) is 10.0 Å². The van der Waals surface area contributed by atoms with Crippen molar-refractivity contribution < 1.29 is 17.5 Å². The summed E-state index contributed by atoms with van der Waals surface area (Å²) >= 11 is 0. The van der Waals surface area contributed by atoms with E-state index in [1.165, 1.54) is 24.7 Å². The van der Waals surface area contributed by atoms with Crippen LogP contribution in [-0.4, -0.2) is 26.8 Å². The number of ether oxygens (including phenoxy) is 1. The molecule has 1 aliphatic heterocycles. The van der Waals surface area contributed by atoms with Crippen LogP contribution in [0.3, 0.4) is 0 Å². The lowest BCUT2D eigenvalue weighted by molar-refractivity contribution is 0.480. The molecule has 152 valence electrons. The molecule has 4 rings (SSSR count). The summed E-state index contributed by atoms with van der Waals surface area (Å²) in [6.45, 7) is 0. The highest BCUT2D eigenvalue weighted by Gasteiger charge is 2.32. The minimum atomic E-state index is -3.89. The highest BCUT2D eigenvalue weighted by molar-refractivity contribution is 7.93. The third kappa shape index (κ3) is 4.13. The van der Waals surface area contributed by atoms with E-state index >= 15 is 0 Å². The number of hydrogen-bond donors (Lipinski definition) is 1. The number of aliphatic imine (C=N–C) groups is 1. The van der Waals surface area contributed by atoms with Gasteiger partial charge in [-0.25, -0.2) is 22.4 Å². The largest absolute Gasteiger partial charge is 0.457 e. The Labute approximate surface area is 173 Å². The molecule has 9 heteroatoms. The Morgan fingerprint density at radius 2 is 1.60 bits per heavy atom. The Morgan fingerprint density at radius 3 is 2.20 bits per heavy atom. The molecule has 1 aliphatic rings. The van der Waals surface area contributed by atoms with Crippen LogP contribution in [0.5, 0.6) is 11.5 Å². The third-order valence-corrected chi connectivity index (χ3v) is 5.32. The second kappa shape index (κ2) is 7.45. The topological polar surface area (TPSA) is 94.6 Å². The number of halogens is 1. The standard InChI is InChI=1S/C21H18FN4O3S/c1-26(13-21(24-14-26)30(23,27)28)20-4-2-3-19(25-20)15-5-9-17(10-6-15)29-18-11-7-16(22)8-12-18/h2-14H,1H3,(H2,23,27,28)/q+1. The molecule has 1 atom stereocenters. The van der Waals surface area contributed by atoms with Crippen LogP contribution in [0.1, 0.15) is 0 Å². The van der Waals surface area contributed by atoms with Gasteiger partial charge >= 0.3 is 0 Å². The second-order valence-electron chi connectivity index (χ2n) is 6.87. The van der Waals surface area contributed by atoms with Crippen molar-refractivity contribution in [2.24, 2.45) is 10.1 Å². The number of nitrogens with zero attached hydrogens (tertiary/aromatic N) is 3. The number of nitrogens with two attached hydrogens (primary N) is 1. The monoisotopic (exact) mass is 425 g/mol. The molecule has 0 saturated heterocycles. The van der Waals surface area contributed by atoms with Crippen LogP contribution in [-0.2, 0) is 10.0 Å². The molecule has 0 amide bonds. The molecular weight excluding hydrogens is 407 g/mol. The van der Waals surface area contributed by atoms with Crippen molar-refractivity contribution in [1.29, 1.82) is 0 Å². The van der Waals surface area contributed by atoms with Crippen LogP contribution in [0.15, 0.2) is 83.0 Å². The number of pyridine rings is 1. The number of primary sulfonamides is 1. The van der Waals surface area contributed by atoms with Gasteiger partial charge in [0.15, 0.2) is 0 Å². The average molecular weight is 425 g/mol. The summed E-state index contributed by atoms with van der Waals surface area (Å²) in [6, 6.07) is 18.5. The van der Waals surface area contributed by atoms with E-state index in [4.69, 9.17) is 9.88 Å². The smallest absolute Gasteiger partial charge is 0.261 e. The van der Waals surface area contributed by atoms with Crippen molar-refractivity contribution >= 4 is 22.2 Å². The van der Waals surface area contributed by atoms with Crippen LogP contribution < -0.4 is 14.4 Å². The molecule has 3 aromatic rings. The maximum absolute atomic E-state index is 13.0. The summed E-state index contributed by atoms with van der Waals surface area (Å²) in [7, 11) is -2.13. The number of quaternary nitrogens is 1. The lowest BCUT2D eigenvalue weighted by Gasteiger charge is -2.20. The SMILES string of the molecule is C[N+]1(c2cccc(-c3ccc(Oc4ccc(F)cc4)cc3)n2)C=NC(S(N)(=O)=O)=C1. The summed E-state index contributed by atoms with van der Waals surface area (Å²) in [5.41, 5.74) is 1.55. The molecule has 2 heterocycles. The first-order chi connectivity index (χ1) is 14.2. The first kappa shape index (κ1) is 19.9. The summed E-state index contributed by atoms with van der Waals surface area (Å²) in [6.07, 6.45) is 2.90. The number of aromatic nitrogens is 1.